The third-order valence-corrected chi connectivity index (χ3v) is 4.15. The van der Waals surface area contributed by atoms with Crippen molar-refractivity contribution in [2.45, 2.75) is 25.7 Å². The van der Waals surface area contributed by atoms with Crippen LogP contribution in [-0.2, 0) is 11.2 Å². The van der Waals surface area contributed by atoms with Crippen molar-refractivity contribution in [1.29, 1.82) is 0 Å². The third-order valence-electron chi connectivity index (χ3n) is 3.20. The normalized spacial score (nSPS) is 20.1. The van der Waals surface area contributed by atoms with Crippen molar-refractivity contribution in [3.8, 4) is 0 Å². The fourth-order valence-corrected chi connectivity index (χ4v) is 3.20. The van der Waals surface area contributed by atoms with Gasteiger partial charge >= 0.3 is 5.97 Å². The molecule has 0 bridgehead atoms. The van der Waals surface area contributed by atoms with Gasteiger partial charge in [-0.05, 0) is 25.2 Å². The first-order valence-corrected chi connectivity index (χ1v) is 7.09. The molecule has 0 aromatic carbocycles. The summed E-state index contributed by atoms with van der Waals surface area (Å²) in [5, 5.41) is 20.4. The van der Waals surface area contributed by atoms with E-state index in [1.54, 1.807) is 0 Å². The molecule has 1 aliphatic rings. The van der Waals surface area contributed by atoms with E-state index in [1.165, 1.54) is 11.3 Å². The number of aromatic nitrogens is 1. The maximum Gasteiger partial charge on any atom is 0.309 e. The number of piperidine rings is 1. The maximum atomic E-state index is 10.6. The lowest BCUT2D eigenvalue weighted by Crippen LogP contribution is -2.35. The van der Waals surface area contributed by atoms with Crippen LogP contribution in [0.15, 0.2) is 5.38 Å². The predicted octanol–water partition coefficient (Wildman–Crippen LogP) is 1.37. The van der Waals surface area contributed by atoms with Crippen molar-refractivity contribution in [3.63, 3.8) is 0 Å². The highest BCUT2D eigenvalue weighted by molar-refractivity contribution is 7.13. The molecule has 2 heterocycles. The van der Waals surface area contributed by atoms with Crippen LogP contribution >= 0.6 is 11.3 Å². The fraction of sp³-hybridized carbons (Fsp3) is 0.667. The molecule has 0 spiro atoms. The molecule has 1 saturated heterocycles. The summed E-state index contributed by atoms with van der Waals surface area (Å²) >= 11 is 1.51. The monoisotopic (exact) mass is 270 g/mol. The Morgan fingerprint density at radius 3 is 3.17 bits per heavy atom. The highest BCUT2D eigenvalue weighted by Crippen LogP contribution is 2.27. The Hall–Kier alpha value is -1.14. The van der Waals surface area contributed by atoms with Crippen molar-refractivity contribution < 1.29 is 15.0 Å². The number of thiazole rings is 1. The number of rotatable bonds is 5. The molecule has 1 aliphatic heterocycles. The number of carboxylic acid groups (broad SMARTS) is 1. The predicted molar refractivity (Wildman–Crippen MR) is 70.1 cm³/mol. The standard InChI is InChI=1S/C12H18N2O3S/c15-5-3-9-2-1-4-14(7-9)12-13-10(8-18-12)6-11(16)17/h8-9,15H,1-7H2,(H,16,17). The Balaban J connectivity index is 1.97. The van der Waals surface area contributed by atoms with Gasteiger partial charge in [0.2, 0.25) is 0 Å². The van der Waals surface area contributed by atoms with Crippen molar-refractivity contribution in [3.05, 3.63) is 11.1 Å². The lowest BCUT2D eigenvalue weighted by molar-refractivity contribution is -0.136. The molecular formula is C12H18N2O3S. The number of nitrogens with zero attached hydrogens (tertiary/aromatic N) is 2. The van der Waals surface area contributed by atoms with Gasteiger partial charge < -0.3 is 15.1 Å². The second kappa shape index (κ2) is 6.15. The number of hydrogen-bond donors (Lipinski definition) is 2. The van der Waals surface area contributed by atoms with E-state index in [4.69, 9.17) is 10.2 Å². The zero-order valence-corrected chi connectivity index (χ0v) is 11.0. The first-order chi connectivity index (χ1) is 8.69. The van der Waals surface area contributed by atoms with E-state index in [-0.39, 0.29) is 13.0 Å². The van der Waals surface area contributed by atoms with E-state index in [2.05, 4.69) is 9.88 Å². The second-order valence-corrected chi connectivity index (χ2v) is 5.50. The summed E-state index contributed by atoms with van der Waals surface area (Å²) in [7, 11) is 0. The molecule has 18 heavy (non-hydrogen) atoms. The van der Waals surface area contributed by atoms with Crippen LogP contribution in [0.25, 0.3) is 0 Å². The summed E-state index contributed by atoms with van der Waals surface area (Å²) in [4.78, 5) is 17.2. The maximum absolute atomic E-state index is 10.6. The summed E-state index contributed by atoms with van der Waals surface area (Å²) in [6.45, 7) is 2.13. The van der Waals surface area contributed by atoms with Gasteiger partial charge in [-0.15, -0.1) is 11.3 Å². The average molecular weight is 270 g/mol. The number of hydrogen-bond acceptors (Lipinski definition) is 5. The third kappa shape index (κ3) is 3.43. The molecule has 1 aromatic heterocycles. The lowest BCUT2D eigenvalue weighted by atomic mass is 9.95. The summed E-state index contributed by atoms with van der Waals surface area (Å²) in [6.07, 6.45) is 3.09. The highest BCUT2D eigenvalue weighted by atomic mass is 32.1. The van der Waals surface area contributed by atoms with Gasteiger partial charge in [0.25, 0.3) is 0 Å². The zero-order chi connectivity index (χ0) is 13.0. The van der Waals surface area contributed by atoms with Crippen LogP contribution in [0, 0.1) is 5.92 Å². The molecule has 5 nitrogen and oxygen atoms in total. The zero-order valence-electron chi connectivity index (χ0n) is 10.2. The number of aliphatic hydroxyl groups is 1. The number of aliphatic hydroxyl groups excluding tert-OH is 1. The molecule has 1 aromatic rings. The molecule has 2 rings (SSSR count). The number of anilines is 1. The molecule has 0 amide bonds. The average Bonchev–Trinajstić information content (AvgIpc) is 2.77. The minimum Gasteiger partial charge on any atom is -0.481 e. The first kappa shape index (κ1) is 13.3. The summed E-state index contributed by atoms with van der Waals surface area (Å²) < 4.78 is 0. The van der Waals surface area contributed by atoms with Gasteiger partial charge in [0.1, 0.15) is 0 Å². The summed E-state index contributed by atoms with van der Waals surface area (Å²) in [6, 6.07) is 0. The van der Waals surface area contributed by atoms with E-state index in [0.717, 1.165) is 37.5 Å². The Morgan fingerprint density at radius 1 is 1.61 bits per heavy atom. The van der Waals surface area contributed by atoms with Gasteiger partial charge in [-0.2, -0.15) is 0 Å². The fourth-order valence-electron chi connectivity index (χ4n) is 2.33. The number of carbonyl (C=O) groups is 1. The lowest BCUT2D eigenvalue weighted by Gasteiger charge is -2.32. The van der Waals surface area contributed by atoms with Crippen LogP contribution in [-0.4, -0.2) is 40.9 Å². The molecule has 6 heteroatoms. The SMILES string of the molecule is O=C(O)Cc1csc(N2CCCC(CCO)C2)n1. The topological polar surface area (TPSA) is 73.7 Å². The van der Waals surface area contributed by atoms with Crippen molar-refractivity contribution in [2.75, 3.05) is 24.6 Å². The Kier molecular flexibility index (Phi) is 4.54. The molecule has 100 valence electrons. The van der Waals surface area contributed by atoms with E-state index in [9.17, 15) is 4.79 Å². The van der Waals surface area contributed by atoms with Gasteiger partial charge in [-0.3, -0.25) is 4.79 Å². The van der Waals surface area contributed by atoms with Gasteiger partial charge in [-0.25, -0.2) is 4.98 Å². The van der Waals surface area contributed by atoms with E-state index in [1.807, 2.05) is 5.38 Å². The minimum atomic E-state index is -0.844. The van der Waals surface area contributed by atoms with Gasteiger partial charge in [0.15, 0.2) is 5.13 Å². The smallest absolute Gasteiger partial charge is 0.309 e. The van der Waals surface area contributed by atoms with Crippen LogP contribution in [0.2, 0.25) is 0 Å². The van der Waals surface area contributed by atoms with Crippen molar-refractivity contribution >= 4 is 22.4 Å². The molecule has 1 fully saturated rings. The van der Waals surface area contributed by atoms with Crippen LogP contribution in [0.5, 0.6) is 0 Å². The van der Waals surface area contributed by atoms with E-state index >= 15 is 0 Å². The summed E-state index contributed by atoms with van der Waals surface area (Å²) in [5.41, 5.74) is 0.631. The molecule has 0 radical (unpaired) electrons. The molecule has 0 saturated carbocycles. The van der Waals surface area contributed by atoms with Crippen LogP contribution < -0.4 is 4.90 Å². The Morgan fingerprint density at radius 2 is 2.44 bits per heavy atom. The van der Waals surface area contributed by atoms with Gasteiger partial charge in [-0.1, -0.05) is 0 Å². The van der Waals surface area contributed by atoms with E-state index in [0.29, 0.717) is 11.6 Å². The minimum absolute atomic E-state index is 0.00952. The van der Waals surface area contributed by atoms with Crippen LogP contribution in [0.4, 0.5) is 5.13 Å². The molecular weight excluding hydrogens is 252 g/mol. The molecule has 1 unspecified atom stereocenters. The molecule has 2 N–H and O–H groups in total. The van der Waals surface area contributed by atoms with Crippen LogP contribution in [0.1, 0.15) is 25.0 Å². The first-order valence-electron chi connectivity index (χ1n) is 6.21. The highest BCUT2D eigenvalue weighted by Gasteiger charge is 2.21. The molecule has 1 atom stereocenters. The largest absolute Gasteiger partial charge is 0.481 e. The van der Waals surface area contributed by atoms with Crippen molar-refractivity contribution in [1.82, 2.24) is 4.98 Å². The van der Waals surface area contributed by atoms with Crippen LogP contribution in [0.3, 0.4) is 0 Å². The van der Waals surface area contributed by atoms with Gasteiger partial charge in [0, 0.05) is 25.1 Å². The summed E-state index contributed by atoms with van der Waals surface area (Å²) in [5.74, 6) is -0.320. The number of aliphatic carboxylic acids is 1. The second-order valence-electron chi connectivity index (χ2n) is 4.66. The van der Waals surface area contributed by atoms with Gasteiger partial charge in [0.05, 0.1) is 12.1 Å². The number of carboxylic acids is 1. The van der Waals surface area contributed by atoms with E-state index < -0.39 is 5.97 Å². The Bertz CT molecular complexity index is 406. The van der Waals surface area contributed by atoms with Crippen molar-refractivity contribution in [2.24, 2.45) is 5.92 Å². The Labute approximate surface area is 110 Å². The quantitative estimate of drug-likeness (QED) is 0.845. The molecule has 0 aliphatic carbocycles.